The van der Waals surface area contributed by atoms with Crippen molar-refractivity contribution in [3.05, 3.63) is 44.8 Å². The molecule has 3 nitrogen and oxygen atoms in total. The molecule has 1 aromatic carbocycles. The van der Waals surface area contributed by atoms with E-state index in [1.807, 2.05) is 0 Å². The average molecular weight is 242 g/mol. The molecular weight excluding hydrogens is 236 g/mol. The largest absolute Gasteiger partial charge is 0.205 e. The fraction of sp³-hybridized carbons (Fsp3) is 0.200. The second kappa shape index (κ2) is 5.96. The molecule has 1 aromatic rings. The molecule has 0 saturated heterocycles. The fourth-order valence-corrected chi connectivity index (χ4v) is 1.05. The minimum atomic E-state index is -0.846. The van der Waals surface area contributed by atoms with Crippen molar-refractivity contribution in [1.29, 1.82) is 0 Å². The van der Waals surface area contributed by atoms with Crippen molar-refractivity contribution < 1.29 is 8.78 Å². The summed E-state index contributed by atoms with van der Waals surface area (Å²) in [6, 6.07) is 2.10. The van der Waals surface area contributed by atoms with Crippen LogP contribution >= 0.6 is 11.6 Å². The molecule has 0 aliphatic heterocycles. The highest BCUT2D eigenvalue weighted by Crippen LogP contribution is 2.19. The first kappa shape index (κ1) is 12.3. The van der Waals surface area contributed by atoms with E-state index in [2.05, 4.69) is 21.9 Å². The number of hydrogen-bond acceptors (Lipinski definition) is 1. The maximum atomic E-state index is 13.0. The summed E-state index contributed by atoms with van der Waals surface area (Å²) < 4.78 is 25.9. The SMILES string of the molecule is [N-]=[N+]=NCCC#Cc1cc(F)c(Cl)c(F)c1. The van der Waals surface area contributed by atoms with Crippen molar-refractivity contribution in [2.75, 3.05) is 6.54 Å². The molecule has 0 aliphatic carbocycles. The van der Waals surface area contributed by atoms with E-state index < -0.39 is 16.7 Å². The molecule has 1 rings (SSSR count). The molecule has 0 heterocycles. The molecule has 0 unspecified atom stereocenters. The van der Waals surface area contributed by atoms with Crippen molar-refractivity contribution in [3.63, 3.8) is 0 Å². The smallest absolute Gasteiger partial charge is 0.146 e. The summed E-state index contributed by atoms with van der Waals surface area (Å²) in [5.74, 6) is 3.47. The van der Waals surface area contributed by atoms with E-state index in [9.17, 15) is 8.78 Å². The Bertz CT molecular complexity index is 476. The van der Waals surface area contributed by atoms with Crippen molar-refractivity contribution >= 4 is 11.6 Å². The lowest BCUT2D eigenvalue weighted by Gasteiger charge is -1.96. The van der Waals surface area contributed by atoms with Crippen LogP contribution in [0.5, 0.6) is 0 Å². The minimum absolute atomic E-state index is 0.195. The molecule has 0 fully saturated rings. The van der Waals surface area contributed by atoms with Crippen molar-refractivity contribution in [3.8, 4) is 11.8 Å². The number of nitrogens with zero attached hydrogens (tertiary/aromatic N) is 3. The van der Waals surface area contributed by atoms with Crippen LogP contribution in [0.15, 0.2) is 17.2 Å². The summed E-state index contributed by atoms with van der Waals surface area (Å²) in [7, 11) is 0. The van der Waals surface area contributed by atoms with Crippen LogP contribution in [0.1, 0.15) is 12.0 Å². The Morgan fingerprint density at radius 2 is 2.00 bits per heavy atom. The minimum Gasteiger partial charge on any atom is -0.205 e. The van der Waals surface area contributed by atoms with Gasteiger partial charge < -0.3 is 0 Å². The predicted octanol–water partition coefficient (Wildman–Crippen LogP) is 3.67. The Hall–Kier alpha value is -1.76. The first-order valence-corrected chi connectivity index (χ1v) is 4.67. The molecule has 16 heavy (non-hydrogen) atoms. The zero-order valence-corrected chi connectivity index (χ0v) is 8.80. The van der Waals surface area contributed by atoms with Crippen LogP contribution < -0.4 is 0 Å². The van der Waals surface area contributed by atoms with Crippen LogP contribution in [0.3, 0.4) is 0 Å². The van der Waals surface area contributed by atoms with Gasteiger partial charge in [-0.05, 0) is 17.7 Å². The quantitative estimate of drug-likeness (QED) is 0.189. The maximum Gasteiger partial charge on any atom is 0.146 e. The molecule has 0 spiro atoms. The van der Waals surface area contributed by atoms with Gasteiger partial charge in [0.2, 0.25) is 0 Å². The Balaban J connectivity index is 2.78. The molecule has 0 aromatic heterocycles. The van der Waals surface area contributed by atoms with Gasteiger partial charge in [-0.3, -0.25) is 0 Å². The second-order valence-corrected chi connectivity index (χ2v) is 3.14. The van der Waals surface area contributed by atoms with Crippen LogP contribution in [0, 0.1) is 23.5 Å². The highest BCUT2D eigenvalue weighted by atomic mass is 35.5. The third-order valence-electron chi connectivity index (χ3n) is 1.62. The highest BCUT2D eigenvalue weighted by molar-refractivity contribution is 6.30. The van der Waals surface area contributed by atoms with Crippen LogP contribution in [0.4, 0.5) is 8.78 Å². The number of rotatable bonds is 2. The Morgan fingerprint density at radius 1 is 1.38 bits per heavy atom. The summed E-state index contributed by atoms with van der Waals surface area (Å²) >= 11 is 5.30. The lowest BCUT2D eigenvalue weighted by atomic mass is 10.2. The molecular formula is C10H6ClF2N3. The lowest BCUT2D eigenvalue weighted by molar-refractivity contribution is 0.583. The normalized spacial score (nSPS) is 8.94. The molecule has 0 amide bonds. The molecule has 82 valence electrons. The third-order valence-corrected chi connectivity index (χ3v) is 1.98. The zero-order valence-electron chi connectivity index (χ0n) is 8.04. The van der Waals surface area contributed by atoms with Gasteiger partial charge in [-0.1, -0.05) is 28.6 Å². The van der Waals surface area contributed by atoms with Gasteiger partial charge in [0.15, 0.2) is 0 Å². The van der Waals surface area contributed by atoms with Crippen LogP contribution in [-0.2, 0) is 0 Å². The highest BCUT2D eigenvalue weighted by Gasteiger charge is 2.06. The number of halogens is 3. The van der Waals surface area contributed by atoms with Crippen molar-refractivity contribution in [2.45, 2.75) is 6.42 Å². The Kier molecular flexibility index (Phi) is 4.59. The van der Waals surface area contributed by atoms with E-state index in [0.29, 0.717) is 6.42 Å². The van der Waals surface area contributed by atoms with Gasteiger partial charge in [-0.2, -0.15) is 0 Å². The third kappa shape index (κ3) is 3.43. The zero-order chi connectivity index (χ0) is 12.0. The second-order valence-electron chi connectivity index (χ2n) is 2.76. The molecule has 0 N–H and O–H groups in total. The summed E-state index contributed by atoms with van der Waals surface area (Å²) in [5.41, 5.74) is 8.18. The van der Waals surface area contributed by atoms with E-state index >= 15 is 0 Å². The molecule has 6 heteroatoms. The standard InChI is InChI=1S/C10H6ClF2N3/c11-10-8(12)5-7(6-9(10)13)3-1-2-4-15-16-14/h5-6H,2,4H2. The summed E-state index contributed by atoms with van der Waals surface area (Å²) in [4.78, 5) is 2.54. The van der Waals surface area contributed by atoms with Gasteiger partial charge in [0.05, 0.1) is 0 Å². The van der Waals surface area contributed by atoms with Gasteiger partial charge in [0.25, 0.3) is 0 Å². The molecule has 0 aliphatic rings. The van der Waals surface area contributed by atoms with Crippen LogP contribution in [0.25, 0.3) is 10.4 Å². The van der Waals surface area contributed by atoms with E-state index in [0.717, 1.165) is 12.1 Å². The van der Waals surface area contributed by atoms with Gasteiger partial charge in [0.1, 0.15) is 16.7 Å². The van der Waals surface area contributed by atoms with E-state index in [1.54, 1.807) is 0 Å². The van der Waals surface area contributed by atoms with E-state index in [-0.39, 0.29) is 12.1 Å². The monoisotopic (exact) mass is 241 g/mol. The first-order chi connectivity index (χ1) is 7.65. The number of hydrogen-bond donors (Lipinski definition) is 0. The Morgan fingerprint density at radius 3 is 2.56 bits per heavy atom. The van der Waals surface area contributed by atoms with Crippen LogP contribution in [0.2, 0.25) is 5.02 Å². The summed E-state index contributed by atoms with van der Waals surface area (Å²) in [5, 5.41) is 2.72. The van der Waals surface area contributed by atoms with Gasteiger partial charge >= 0.3 is 0 Å². The lowest BCUT2D eigenvalue weighted by Crippen LogP contribution is -1.86. The summed E-state index contributed by atoms with van der Waals surface area (Å²) in [6.45, 7) is 0.224. The first-order valence-electron chi connectivity index (χ1n) is 4.29. The van der Waals surface area contributed by atoms with Crippen molar-refractivity contribution in [2.24, 2.45) is 5.11 Å². The molecule has 0 saturated carbocycles. The van der Waals surface area contributed by atoms with Crippen molar-refractivity contribution in [1.82, 2.24) is 0 Å². The topological polar surface area (TPSA) is 48.8 Å². The Labute approximate surface area is 95.7 Å². The molecule has 0 bridgehead atoms. The molecule has 0 radical (unpaired) electrons. The number of azide groups is 1. The van der Waals surface area contributed by atoms with Crippen LogP contribution in [-0.4, -0.2) is 6.54 Å². The van der Waals surface area contributed by atoms with Gasteiger partial charge in [-0.15, -0.1) is 0 Å². The predicted molar refractivity (Wildman–Crippen MR) is 56.9 cm³/mol. The average Bonchev–Trinajstić information content (AvgIpc) is 2.25. The van der Waals surface area contributed by atoms with Gasteiger partial charge in [0, 0.05) is 23.4 Å². The fourth-order valence-electron chi connectivity index (χ4n) is 0.943. The van der Waals surface area contributed by atoms with E-state index in [1.165, 1.54) is 0 Å². The summed E-state index contributed by atoms with van der Waals surface area (Å²) in [6.07, 6.45) is 0.329. The van der Waals surface area contributed by atoms with Gasteiger partial charge in [-0.25, -0.2) is 8.78 Å². The molecule has 0 atom stereocenters. The number of benzene rings is 1. The van der Waals surface area contributed by atoms with E-state index in [4.69, 9.17) is 17.1 Å². The maximum absolute atomic E-state index is 13.0.